The molecule has 7 heteroatoms. The predicted octanol–water partition coefficient (Wildman–Crippen LogP) is 4.87. The molecule has 0 radical (unpaired) electrons. The third-order valence-electron chi connectivity index (χ3n) is 6.44. The summed E-state index contributed by atoms with van der Waals surface area (Å²) in [5.41, 5.74) is 2.92. The molecule has 2 aromatic heterocycles. The lowest BCUT2D eigenvalue weighted by molar-refractivity contribution is 0.292. The number of anilines is 1. The Kier molecular flexibility index (Phi) is 4.63. The first-order valence-electron chi connectivity index (χ1n) is 10.3. The van der Waals surface area contributed by atoms with Crippen LogP contribution in [0.2, 0.25) is 0 Å². The van der Waals surface area contributed by atoms with Crippen molar-refractivity contribution in [3.05, 3.63) is 68.7 Å². The van der Waals surface area contributed by atoms with Crippen LogP contribution in [0, 0.1) is 11.3 Å². The minimum absolute atomic E-state index is 0.193. The van der Waals surface area contributed by atoms with Gasteiger partial charge in [-0.1, -0.05) is 31.2 Å². The van der Waals surface area contributed by atoms with Gasteiger partial charge in [0.05, 0.1) is 11.2 Å². The Hall–Kier alpha value is -3.11. The molecule has 0 unspecified atom stereocenters. The Balaban J connectivity index is 1.55. The summed E-state index contributed by atoms with van der Waals surface area (Å²) >= 11 is 3.57. The van der Waals surface area contributed by atoms with Crippen molar-refractivity contribution in [1.82, 2.24) is 9.55 Å². The molecule has 156 valence electrons. The third-order valence-corrected chi connectivity index (χ3v) is 7.08. The van der Waals surface area contributed by atoms with E-state index in [1.807, 2.05) is 42.5 Å². The molecule has 1 saturated heterocycles. The monoisotopic (exact) mass is 476 g/mol. The summed E-state index contributed by atoms with van der Waals surface area (Å²) in [5, 5.41) is 10.7. The number of rotatable bonds is 2. The average Bonchev–Trinajstić information content (AvgIpc) is 3.22. The largest absolute Gasteiger partial charge is 0.440 e. The molecule has 1 aliphatic heterocycles. The van der Waals surface area contributed by atoms with Gasteiger partial charge in [0.25, 0.3) is 5.56 Å². The molecule has 1 aliphatic rings. The van der Waals surface area contributed by atoms with E-state index in [2.05, 4.69) is 33.8 Å². The van der Waals surface area contributed by atoms with Crippen LogP contribution in [-0.4, -0.2) is 22.6 Å². The number of nitrogens with zero attached hydrogens (tertiary/aromatic N) is 4. The van der Waals surface area contributed by atoms with Gasteiger partial charge in [0.15, 0.2) is 5.58 Å². The molecule has 0 spiro atoms. The van der Waals surface area contributed by atoms with E-state index in [1.165, 1.54) is 0 Å². The van der Waals surface area contributed by atoms with E-state index in [-0.39, 0.29) is 16.5 Å². The van der Waals surface area contributed by atoms with Crippen LogP contribution in [0.25, 0.3) is 22.0 Å². The van der Waals surface area contributed by atoms with Crippen molar-refractivity contribution in [2.45, 2.75) is 25.2 Å². The predicted molar refractivity (Wildman–Crippen MR) is 124 cm³/mol. The minimum atomic E-state index is -0.274. The molecule has 31 heavy (non-hydrogen) atoms. The molecule has 0 N–H and O–H groups in total. The van der Waals surface area contributed by atoms with Gasteiger partial charge in [0, 0.05) is 35.4 Å². The average molecular weight is 477 g/mol. The van der Waals surface area contributed by atoms with Gasteiger partial charge >= 0.3 is 0 Å². The smallest absolute Gasteiger partial charge is 0.270 e. The van der Waals surface area contributed by atoms with Crippen molar-refractivity contribution in [1.29, 1.82) is 5.26 Å². The first kappa shape index (κ1) is 19.8. The number of fused-ring (bicyclic) bond motifs is 2. The highest BCUT2D eigenvalue weighted by Crippen LogP contribution is 2.40. The first-order valence-corrected chi connectivity index (χ1v) is 11.0. The van der Waals surface area contributed by atoms with Crippen LogP contribution < -0.4 is 10.5 Å². The topological polar surface area (TPSA) is 75.1 Å². The lowest BCUT2D eigenvalue weighted by Crippen LogP contribution is -2.42. The maximum atomic E-state index is 12.9. The van der Waals surface area contributed by atoms with Gasteiger partial charge in [-0.3, -0.25) is 4.79 Å². The molecule has 1 fully saturated rings. The number of halogens is 1. The second kappa shape index (κ2) is 7.24. The number of hydrogen-bond acceptors (Lipinski definition) is 5. The molecule has 0 atom stereocenters. The van der Waals surface area contributed by atoms with E-state index in [4.69, 9.17) is 9.40 Å². The van der Waals surface area contributed by atoms with E-state index in [1.54, 1.807) is 11.6 Å². The lowest BCUT2D eigenvalue weighted by Gasteiger charge is -2.39. The van der Waals surface area contributed by atoms with Gasteiger partial charge in [-0.2, -0.15) is 5.26 Å². The Morgan fingerprint density at radius 1 is 1.16 bits per heavy atom. The van der Waals surface area contributed by atoms with Gasteiger partial charge in [-0.25, -0.2) is 4.98 Å². The number of aryl methyl sites for hydroxylation is 1. The Bertz CT molecular complexity index is 1390. The van der Waals surface area contributed by atoms with Crippen LogP contribution in [0.1, 0.15) is 31.2 Å². The van der Waals surface area contributed by atoms with E-state index in [0.717, 1.165) is 50.9 Å². The zero-order valence-electron chi connectivity index (χ0n) is 17.4. The molecule has 2 aromatic carbocycles. The summed E-state index contributed by atoms with van der Waals surface area (Å²) < 4.78 is 8.46. The molecule has 0 saturated carbocycles. The van der Waals surface area contributed by atoms with Crippen LogP contribution in [0.4, 0.5) is 5.69 Å². The van der Waals surface area contributed by atoms with Crippen LogP contribution in [0.3, 0.4) is 0 Å². The fourth-order valence-electron chi connectivity index (χ4n) is 4.55. The molecule has 0 bridgehead atoms. The highest BCUT2D eigenvalue weighted by atomic mass is 79.9. The van der Waals surface area contributed by atoms with E-state index < -0.39 is 0 Å². The van der Waals surface area contributed by atoms with Crippen molar-refractivity contribution in [3.63, 3.8) is 0 Å². The Morgan fingerprint density at radius 3 is 2.61 bits per heavy atom. The highest BCUT2D eigenvalue weighted by Gasteiger charge is 2.37. The number of benzene rings is 2. The summed E-state index contributed by atoms with van der Waals surface area (Å²) in [6.45, 7) is 3.59. The fourth-order valence-corrected chi connectivity index (χ4v) is 5.18. The van der Waals surface area contributed by atoms with Gasteiger partial charge < -0.3 is 13.9 Å². The maximum absolute atomic E-state index is 12.9. The van der Waals surface area contributed by atoms with Crippen molar-refractivity contribution in [2.75, 3.05) is 18.0 Å². The summed E-state index contributed by atoms with van der Waals surface area (Å²) in [6.07, 6.45) is 1.63. The van der Waals surface area contributed by atoms with E-state index in [0.29, 0.717) is 13.1 Å². The van der Waals surface area contributed by atoms with Crippen LogP contribution in [0.5, 0.6) is 0 Å². The second-order valence-corrected chi connectivity index (χ2v) is 9.22. The summed E-state index contributed by atoms with van der Waals surface area (Å²) in [7, 11) is 1.71. The molecule has 5 rings (SSSR count). The zero-order valence-corrected chi connectivity index (χ0v) is 18.9. The summed E-state index contributed by atoms with van der Waals surface area (Å²) in [6, 6.07) is 15.8. The molecule has 6 nitrogen and oxygen atoms in total. The van der Waals surface area contributed by atoms with Crippen molar-refractivity contribution in [2.24, 2.45) is 7.05 Å². The number of para-hydroxylation sites is 3. The minimum Gasteiger partial charge on any atom is -0.440 e. The van der Waals surface area contributed by atoms with Gasteiger partial charge in [-0.15, -0.1) is 0 Å². The van der Waals surface area contributed by atoms with Crippen LogP contribution >= 0.6 is 15.9 Å². The lowest BCUT2D eigenvalue weighted by atomic mass is 9.80. The summed E-state index contributed by atoms with van der Waals surface area (Å²) in [4.78, 5) is 19.8. The van der Waals surface area contributed by atoms with Crippen LogP contribution in [-0.2, 0) is 12.5 Å². The number of aromatic nitrogens is 2. The molecular formula is C24H21BrN4O2. The zero-order chi connectivity index (χ0) is 21.8. The highest BCUT2D eigenvalue weighted by molar-refractivity contribution is 9.10. The molecule has 0 aliphatic carbocycles. The number of pyridine rings is 1. The molecular weight excluding hydrogens is 456 g/mol. The fraction of sp³-hybridized carbons (Fsp3) is 0.292. The maximum Gasteiger partial charge on any atom is 0.270 e. The van der Waals surface area contributed by atoms with Gasteiger partial charge in [-0.05, 0) is 47.0 Å². The molecule has 0 amide bonds. The Morgan fingerprint density at radius 2 is 1.90 bits per heavy atom. The van der Waals surface area contributed by atoms with E-state index in [9.17, 15) is 10.1 Å². The van der Waals surface area contributed by atoms with Crippen molar-refractivity contribution < 1.29 is 4.42 Å². The normalized spacial score (nSPS) is 16.0. The van der Waals surface area contributed by atoms with Crippen molar-refractivity contribution in [3.8, 4) is 6.07 Å². The van der Waals surface area contributed by atoms with E-state index >= 15 is 0 Å². The van der Waals surface area contributed by atoms with Gasteiger partial charge in [0.2, 0.25) is 5.89 Å². The SMILES string of the molecule is Cn1c(=O)c(C#N)c(N2CCC(C)(c3nc4ccccc4o3)CC2)c2cccc(Br)c21. The number of oxazole rings is 1. The number of hydrogen-bond donors (Lipinski definition) is 0. The second-order valence-electron chi connectivity index (χ2n) is 8.37. The quantitative estimate of drug-likeness (QED) is 0.412. The van der Waals surface area contributed by atoms with Crippen molar-refractivity contribution >= 4 is 43.6 Å². The molecule has 4 aromatic rings. The summed E-state index contributed by atoms with van der Waals surface area (Å²) in [5.74, 6) is 0.755. The van der Waals surface area contributed by atoms with Gasteiger partial charge in [0.1, 0.15) is 17.1 Å². The standard InChI is InChI=1S/C24H21BrN4O2/c1-24(23-27-18-8-3-4-9-19(18)31-23)10-12-29(13-11-24)20-15-6-5-7-17(25)21(15)28(2)22(30)16(20)14-26/h3-9H,10-13H2,1-2H3. The van der Waals surface area contributed by atoms with Crippen LogP contribution in [0.15, 0.2) is 56.1 Å². The molecule has 3 heterocycles. The number of piperidine rings is 1. The third kappa shape index (κ3) is 3.05. The first-order chi connectivity index (χ1) is 14.9. The number of nitriles is 1. The Labute approximate surface area is 187 Å².